The second-order valence-corrected chi connectivity index (χ2v) is 20.0. The van der Waals surface area contributed by atoms with Crippen LogP contribution in [0, 0.1) is 0 Å². The van der Waals surface area contributed by atoms with Gasteiger partial charge in [-0.05, 0) is 111 Å². The van der Waals surface area contributed by atoms with Gasteiger partial charge in [0.15, 0.2) is 0 Å². The summed E-state index contributed by atoms with van der Waals surface area (Å²) in [4.78, 5) is 82.2. The summed E-state index contributed by atoms with van der Waals surface area (Å²) < 4.78 is 23.1. The molecule has 0 aromatic heterocycles. The van der Waals surface area contributed by atoms with Crippen molar-refractivity contribution < 1.29 is 47.7 Å². The first kappa shape index (κ1) is 66.8. The minimum Gasteiger partial charge on any atom is -0.462 e. The molecule has 0 aliphatic carbocycles. The monoisotopic (exact) mass is 994 g/mol. The van der Waals surface area contributed by atoms with Gasteiger partial charge in [-0.15, -0.1) is 0 Å². The van der Waals surface area contributed by atoms with E-state index in [1.165, 1.54) is 103 Å². The van der Waals surface area contributed by atoms with Crippen molar-refractivity contribution in [2.24, 2.45) is 0 Å². The second kappa shape index (κ2) is 48.1. The molecule has 0 rings (SSSR count). The van der Waals surface area contributed by atoms with Gasteiger partial charge in [0.25, 0.3) is 5.91 Å². The first-order chi connectivity index (χ1) is 33.9. The second-order valence-electron chi connectivity index (χ2n) is 20.0. The minimum atomic E-state index is -1.54. The van der Waals surface area contributed by atoms with Crippen LogP contribution in [0.3, 0.4) is 0 Å². The summed E-state index contributed by atoms with van der Waals surface area (Å²) in [5.74, 6) is -2.59. The Morgan fingerprint density at radius 1 is 0.400 bits per heavy atom. The molecule has 0 fully saturated rings. The lowest BCUT2D eigenvalue weighted by atomic mass is 10.0. The number of carbonyl (C=O) groups excluding carboxylic acids is 6. The van der Waals surface area contributed by atoms with Gasteiger partial charge in [-0.25, -0.2) is 4.79 Å². The number of hydrogen-bond donors (Lipinski definition) is 1. The maximum absolute atomic E-state index is 13.9. The summed E-state index contributed by atoms with van der Waals surface area (Å²) in [5, 5.41) is 2.66. The van der Waals surface area contributed by atoms with Gasteiger partial charge in [-0.3, -0.25) is 28.9 Å². The maximum Gasteiger partial charge on any atom is 0.324 e. The molecule has 13 heteroatoms. The molecule has 0 aromatic carbocycles. The summed E-state index contributed by atoms with van der Waals surface area (Å²) in [5.41, 5.74) is 0. The smallest absolute Gasteiger partial charge is 0.324 e. The highest BCUT2D eigenvalue weighted by Gasteiger charge is 2.33. The Morgan fingerprint density at radius 2 is 0.743 bits per heavy atom. The molecular weight excluding hydrogens is 887 g/mol. The molecule has 410 valence electrons. The average Bonchev–Trinajstić information content (AvgIpc) is 3.33. The SMILES string of the molecule is CCCCCCCCC(CCCCCCCC)OC(=O)CCCCC(=O)OCC(OC(=O)CCCCC(=O)OC(CCCCCCCC)CCCCCCCC)C(=O)N(CCCN(C)C)C(=O)NCC. The number of ether oxygens (including phenoxy) is 4. The van der Waals surface area contributed by atoms with Crippen LogP contribution in [0.15, 0.2) is 0 Å². The van der Waals surface area contributed by atoms with Gasteiger partial charge in [0.2, 0.25) is 6.10 Å². The van der Waals surface area contributed by atoms with Crippen molar-refractivity contribution in [3.8, 4) is 0 Å². The fourth-order valence-electron chi connectivity index (χ4n) is 8.59. The van der Waals surface area contributed by atoms with Gasteiger partial charge in [0, 0.05) is 38.8 Å². The van der Waals surface area contributed by atoms with Gasteiger partial charge >= 0.3 is 29.9 Å². The van der Waals surface area contributed by atoms with Gasteiger partial charge in [-0.2, -0.15) is 0 Å². The Balaban J connectivity index is 5.41. The highest BCUT2D eigenvalue weighted by molar-refractivity contribution is 5.97. The number of hydrogen-bond acceptors (Lipinski definition) is 11. The zero-order chi connectivity index (χ0) is 51.9. The third kappa shape index (κ3) is 40.4. The first-order valence-electron chi connectivity index (χ1n) is 28.9. The summed E-state index contributed by atoms with van der Waals surface area (Å²) in [6.07, 6.45) is 32.5. The van der Waals surface area contributed by atoms with E-state index in [1.54, 1.807) is 6.92 Å². The number of nitrogens with zero attached hydrogens (tertiary/aromatic N) is 2. The number of esters is 4. The van der Waals surface area contributed by atoms with Gasteiger partial charge < -0.3 is 29.2 Å². The third-order valence-corrected chi connectivity index (χ3v) is 12.9. The molecule has 0 aromatic rings. The highest BCUT2D eigenvalue weighted by Crippen LogP contribution is 2.20. The van der Waals surface area contributed by atoms with Crippen LogP contribution in [-0.4, -0.2) is 104 Å². The lowest BCUT2D eigenvalue weighted by Crippen LogP contribution is -2.51. The van der Waals surface area contributed by atoms with Crippen molar-refractivity contribution in [2.45, 2.75) is 291 Å². The van der Waals surface area contributed by atoms with E-state index in [9.17, 15) is 28.8 Å². The van der Waals surface area contributed by atoms with Crippen molar-refractivity contribution in [2.75, 3.05) is 40.3 Å². The van der Waals surface area contributed by atoms with E-state index >= 15 is 0 Å². The largest absolute Gasteiger partial charge is 0.462 e. The van der Waals surface area contributed by atoms with Crippen LogP contribution in [0.5, 0.6) is 0 Å². The molecule has 0 aliphatic heterocycles. The van der Waals surface area contributed by atoms with Gasteiger partial charge in [0.1, 0.15) is 18.8 Å². The van der Waals surface area contributed by atoms with E-state index in [0.717, 1.165) is 81.9 Å². The summed E-state index contributed by atoms with van der Waals surface area (Å²) in [6.45, 7) is 11.0. The van der Waals surface area contributed by atoms with Gasteiger partial charge in [-0.1, -0.05) is 156 Å². The topological polar surface area (TPSA) is 158 Å². The Labute approximate surface area is 428 Å². The van der Waals surface area contributed by atoms with Crippen LogP contribution in [0.1, 0.15) is 272 Å². The molecule has 1 atom stereocenters. The highest BCUT2D eigenvalue weighted by atomic mass is 16.6. The molecule has 0 heterocycles. The van der Waals surface area contributed by atoms with E-state index in [-0.39, 0.29) is 62.9 Å². The van der Waals surface area contributed by atoms with Crippen LogP contribution in [0.2, 0.25) is 0 Å². The molecule has 0 spiro atoms. The normalized spacial score (nSPS) is 11.8. The molecule has 1 unspecified atom stereocenters. The third-order valence-electron chi connectivity index (χ3n) is 12.9. The van der Waals surface area contributed by atoms with Crippen molar-refractivity contribution in [1.29, 1.82) is 0 Å². The number of rotatable bonds is 49. The minimum absolute atomic E-state index is 0.00116. The molecule has 0 bridgehead atoms. The molecule has 0 saturated carbocycles. The molecule has 1 N–H and O–H groups in total. The van der Waals surface area contributed by atoms with Crippen molar-refractivity contribution in [3.05, 3.63) is 0 Å². The maximum atomic E-state index is 13.9. The van der Waals surface area contributed by atoms with E-state index < -0.39 is 36.6 Å². The fourth-order valence-corrected chi connectivity index (χ4v) is 8.59. The fraction of sp³-hybridized carbons (Fsp3) is 0.895. The van der Waals surface area contributed by atoms with E-state index in [2.05, 4.69) is 33.0 Å². The Bertz CT molecular complexity index is 1280. The van der Waals surface area contributed by atoms with Crippen molar-refractivity contribution in [1.82, 2.24) is 15.1 Å². The predicted octanol–water partition coefficient (Wildman–Crippen LogP) is 13.9. The molecular formula is C57H107N3O10. The molecule has 70 heavy (non-hydrogen) atoms. The van der Waals surface area contributed by atoms with E-state index in [4.69, 9.17) is 18.9 Å². The Kier molecular flexibility index (Phi) is 45.9. The molecule has 0 saturated heterocycles. The quantitative estimate of drug-likeness (QED) is 0.0351. The Morgan fingerprint density at radius 3 is 1.10 bits per heavy atom. The van der Waals surface area contributed by atoms with Crippen LogP contribution in [-0.2, 0) is 42.9 Å². The standard InChI is InChI=1S/C57H107N3O10/c1-8-13-17-21-25-29-38-49(39-30-26-22-18-14-9-2)68-53(62)43-34-33-42-52(61)67-48-51(56(65)60(57(66)58-12-5)47-37-46-59(6)7)70-55(64)45-36-35-44-54(63)69-50(40-31-27-23-19-15-10-3)41-32-28-24-20-16-11-4/h49-51H,8-48H2,1-7H3,(H,58,66). The first-order valence-corrected chi connectivity index (χ1v) is 28.9. The molecule has 3 amide bonds. The number of nitrogens with one attached hydrogen (secondary N) is 1. The molecule has 13 nitrogen and oxygen atoms in total. The predicted molar refractivity (Wildman–Crippen MR) is 283 cm³/mol. The summed E-state index contributed by atoms with van der Waals surface area (Å²) >= 11 is 0. The molecule has 0 aliphatic rings. The van der Waals surface area contributed by atoms with Gasteiger partial charge in [0.05, 0.1) is 0 Å². The zero-order valence-electron chi connectivity index (χ0n) is 46.2. The lowest BCUT2D eigenvalue weighted by molar-refractivity contribution is -0.167. The number of amides is 3. The number of imide groups is 1. The van der Waals surface area contributed by atoms with Crippen molar-refractivity contribution in [3.63, 3.8) is 0 Å². The van der Waals surface area contributed by atoms with Crippen LogP contribution >= 0.6 is 0 Å². The average molecular weight is 994 g/mol. The summed E-state index contributed by atoms with van der Waals surface area (Å²) in [6, 6.07) is -0.628. The Hall–Kier alpha value is -3.22. The van der Waals surface area contributed by atoms with Crippen LogP contribution in [0.4, 0.5) is 4.79 Å². The van der Waals surface area contributed by atoms with Crippen LogP contribution in [0.25, 0.3) is 0 Å². The summed E-state index contributed by atoms with van der Waals surface area (Å²) in [7, 11) is 3.78. The van der Waals surface area contributed by atoms with Crippen molar-refractivity contribution >= 4 is 35.8 Å². The molecule has 0 radical (unpaired) electrons. The number of urea groups is 1. The van der Waals surface area contributed by atoms with E-state index in [1.807, 2.05) is 19.0 Å². The number of unbranched alkanes of at least 4 members (excludes halogenated alkanes) is 22. The zero-order valence-corrected chi connectivity index (χ0v) is 46.2. The lowest BCUT2D eigenvalue weighted by Gasteiger charge is -2.26. The van der Waals surface area contributed by atoms with E-state index in [0.29, 0.717) is 38.6 Å². The van der Waals surface area contributed by atoms with Crippen LogP contribution < -0.4 is 5.32 Å². The number of carbonyl (C=O) groups is 6.